The number of nitrogens with zero attached hydrogens (tertiary/aromatic N) is 2. The molecule has 1 N–H and O–H groups in total. The van der Waals surface area contributed by atoms with E-state index < -0.39 is 0 Å². The van der Waals surface area contributed by atoms with Crippen molar-refractivity contribution in [2.45, 2.75) is 46.4 Å². The van der Waals surface area contributed by atoms with Gasteiger partial charge in [-0.25, -0.2) is 4.79 Å². The van der Waals surface area contributed by atoms with Gasteiger partial charge in [-0.05, 0) is 38.4 Å². The molecule has 1 aliphatic heterocycles. The minimum Gasteiger partial charge on any atom is -0.371 e. The molecule has 5 nitrogen and oxygen atoms in total. The quantitative estimate of drug-likeness (QED) is 0.901. The number of urea groups is 1. The fraction of sp³-hybridized carbons (Fsp3) is 0.632. The van der Waals surface area contributed by atoms with Gasteiger partial charge in [-0.2, -0.15) is 0 Å². The van der Waals surface area contributed by atoms with Crippen molar-refractivity contribution in [3.63, 3.8) is 0 Å². The molecule has 134 valence electrons. The van der Waals surface area contributed by atoms with Gasteiger partial charge in [-0.3, -0.25) is 0 Å². The summed E-state index contributed by atoms with van der Waals surface area (Å²) < 4.78 is 5.81. The van der Waals surface area contributed by atoms with Gasteiger partial charge in [-0.1, -0.05) is 31.2 Å². The normalized spacial score (nSPS) is 16.2. The average molecular weight is 333 g/mol. The van der Waals surface area contributed by atoms with Gasteiger partial charge in [0.2, 0.25) is 0 Å². The van der Waals surface area contributed by atoms with Crippen molar-refractivity contribution < 1.29 is 9.53 Å². The molecular formula is C19H31N3O2. The van der Waals surface area contributed by atoms with Gasteiger partial charge >= 0.3 is 6.03 Å². The Morgan fingerprint density at radius 3 is 2.46 bits per heavy atom. The summed E-state index contributed by atoms with van der Waals surface area (Å²) in [5, 5.41) is 3.03. The number of likely N-dealkylation sites (N-methyl/N-ethyl adjacent to an activating group) is 1. The Balaban J connectivity index is 1.80. The number of carbonyl (C=O) groups is 1. The Hall–Kier alpha value is -1.59. The van der Waals surface area contributed by atoms with Crippen LogP contribution in [0, 0.1) is 0 Å². The summed E-state index contributed by atoms with van der Waals surface area (Å²) in [5.41, 5.74) is 2.09. The molecule has 0 aliphatic carbocycles. The highest BCUT2D eigenvalue weighted by atomic mass is 16.5. The Bertz CT molecular complexity index is 532. The van der Waals surface area contributed by atoms with Crippen LogP contribution in [0.4, 0.5) is 4.79 Å². The van der Waals surface area contributed by atoms with Crippen LogP contribution >= 0.6 is 0 Å². The lowest BCUT2D eigenvalue weighted by Crippen LogP contribution is -2.51. The van der Waals surface area contributed by atoms with Crippen molar-refractivity contribution in [2.75, 3.05) is 32.7 Å². The number of benzene rings is 1. The van der Waals surface area contributed by atoms with Crippen LogP contribution in [0.2, 0.25) is 0 Å². The van der Waals surface area contributed by atoms with E-state index in [9.17, 15) is 4.79 Å². The summed E-state index contributed by atoms with van der Waals surface area (Å²) in [6.07, 6.45) is 0. The largest absolute Gasteiger partial charge is 0.371 e. The summed E-state index contributed by atoms with van der Waals surface area (Å²) in [4.78, 5) is 16.5. The molecule has 1 aliphatic rings. The zero-order valence-electron chi connectivity index (χ0n) is 15.5. The van der Waals surface area contributed by atoms with E-state index in [0.29, 0.717) is 13.2 Å². The Labute approximate surface area is 146 Å². The molecule has 0 atom stereocenters. The highest BCUT2D eigenvalue weighted by molar-refractivity contribution is 5.74. The maximum Gasteiger partial charge on any atom is 0.317 e. The van der Waals surface area contributed by atoms with Crippen LogP contribution in [-0.4, -0.2) is 54.2 Å². The molecule has 2 rings (SSSR count). The Kier molecular flexibility index (Phi) is 6.63. The van der Waals surface area contributed by atoms with E-state index in [1.165, 1.54) is 0 Å². The van der Waals surface area contributed by atoms with Crippen LogP contribution in [0.15, 0.2) is 24.3 Å². The number of amides is 2. The second kappa shape index (κ2) is 8.49. The van der Waals surface area contributed by atoms with Crippen LogP contribution in [-0.2, 0) is 17.9 Å². The molecule has 0 saturated carbocycles. The van der Waals surface area contributed by atoms with Crippen molar-refractivity contribution in [3.8, 4) is 0 Å². The van der Waals surface area contributed by atoms with Gasteiger partial charge in [0.25, 0.3) is 0 Å². The maximum absolute atomic E-state index is 12.3. The predicted octanol–water partition coefficient (Wildman–Crippen LogP) is 2.85. The minimum absolute atomic E-state index is 0.0297. The van der Waals surface area contributed by atoms with Crippen LogP contribution < -0.4 is 5.32 Å². The Morgan fingerprint density at radius 1 is 1.17 bits per heavy atom. The summed E-state index contributed by atoms with van der Waals surface area (Å²) in [5.74, 6) is 0. The summed E-state index contributed by atoms with van der Waals surface area (Å²) in [6.45, 7) is 14.0. The lowest BCUT2D eigenvalue weighted by Gasteiger charge is -2.34. The number of hydrogen-bond donors (Lipinski definition) is 1. The highest BCUT2D eigenvalue weighted by Gasteiger charge is 2.19. The molecule has 1 saturated heterocycles. The molecule has 0 unspecified atom stereocenters. The van der Waals surface area contributed by atoms with Gasteiger partial charge < -0.3 is 19.9 Å². The molecule has 2 amide bonds. The second-order valence-corrected chi connectivity index (χ2v) is 7.30. The van der Waals surface area contributed by atoms with Crippen molar-refractivity contribution in [3.05, 3.63) is 35.4 Å². The third kappa shape index (κ3) is 6.13. The third-order valence-electron chi connectivity index (χ3n) is 4.21. The molecule has 1 heterocycles. The SMILES string of the molecule is CCN1CCN(C(=O)NCc2cccc(COC(C)(C)C)c2)CC1. The van der Waals surface area contributed by atoms with Gasteiger partial charge in [0.15, 0.2) is 0 Å². The summed E-state index contributed by atoms with van der Waals surface area (Å²) in [7, 11) is 0. The molecule has 1 aromatic carbocycles. The number of rotatable bonds is 5. The monoisotopic (exact) mass is 333 g/mol. The molecule has 24 heavy (non-hydrogen) atoms. The lowest BCUT2D eigenvalue weighted by molar-refractivity contribution is -0.0149. The van der Waals surface area contributed by atoms with E-state index in [1.807, 2.05) is 17.0 Å². The van der Waals surface area contributed by atoms with E-state index in [2.05, 4.69) is 50.0 Å². The van der Waals surface area contributed by atoms with E-state index >= 15 is 0 Å². The maximum atomic E-state index is 12.3. The number of piperazine rings is 1. The molecule has 0 bridgehead atoms. The molecule has 0 radical (unpaired) electrons. The zero-order chi connectivity index (χ0) is 17.6. The van der Waals surface area contributed by atoms with Crippen molar-refractivity contribution in [1.82, 2.24) is 15.1 Å². The first-order valence-electron chi connectivity index (χ1n) is 8.84. The molecule has 5 heteroatoms. The molecule has 1 fully saturated rings. The predicted molar refractivity (Wildman–Crippen MR) is 96.9 cm³/mol. The first-order valence-corrected chi connectivity index (χ1v) is 8.84. The van der Waals surface area contributed by atoms with Gasteiger partial charge in [0.05, 0.1) is 12.2 Å². The van der Waals surface area contributed by atoms with Crippen molar-refractivity contribution in [2.24, 2.45) is 0 Å². The number of ether oxygens (including phenoxy) is 1. The number of carbonyl (C=O) groups excluding carboxylic acids is 1. The smallest absolute Gasteiger partial charge is 0.317 e. The summed E-state index contributed by atoms with van der Waals surface area (Å²) >= 11 is 0. The third-order valence-corrected chi connectivity index (χ3v) is 4.21. The van der Waals surface area contributed by atoms with Crippen molar-refractivity contribution in [1.29, 1.82) is 0 Å². The van der Waals surface area contributed by atoms with E-state index in [4.69, 9.17) is 4.74 Å². The highest BCUT2D eigenvalue weighted by Crippen LogP contribution is 2.13. The van der Waals surface area contributed by atoms with Crippen LogP contribution in [0.25, 0.3) is 0 Å². The fourth-order valence-corrected chi connectivity index (χ4v) is 2.69. The van der Waals surface area contributed by atoms with Crippen LogP contribution in [0.3, 0.4) is 0 Å². The van der Waals surface area contributed by atoms with Crippen LogP contribution in [0.5, 0.6) is 0 Å². The second-order valence-electron chi connectivity index (χ2n) is 7.30. The lowest BCUT2D eigenvalue weighted by atomic mass is 10.1. The van der Waals surface area contributed by atoms with Crippen LogP contribution in [0.1, 0.15) is 38.8 Å². The van der Waals surface area contributed by atoms with E-state index in [-0.39, 0.29) is 11.6 Å². The summed E-state index contributed by atoms with van der Waals surface area (Å²) in [6, 6.07) is 8.24. The average Bonchev–Trinajstić information content (AvgIpc) is 2.58. The first kappa shape index (κ1) is 18.7. The van der Waals surface area contributed by atoms with Gasteiger partial charge in [-0.15, -0.1) is 0 Å². The first-order chi connectivity index (χ1) is 11.4. The minimum atomic E-state index is -0.148. The fourth-order valence-electron chi connectivity index (χ4n) is 2.69. The standard InChI is InChI=1S/C19H31N3O2/c1-5-21-9-11-22(12-10-21)18(23)20-14-16-7-6-8-17(13-16)15-24-19(2,3)4/h6-8,13H,5,9-12,14-15H2,1-4H3,(H,20,23). The molecular weight excluding hydrogens is 302 g/mol. The molecule has 0 spiro atoms. The Morgan fingerprint density at radius 2 is 1.83 bits per heavy atom. The molecule has 0 aromatic heterocycles. The van der Waals surface area contributed by atoms with Gasteiger partial charge in [0, 0.05) is 32.7 Å². The zero-order valence-corrected chi connectivity index (χ0v) is 15.5. The van der Waals surface area contributed by atoms with E-state index in [1.54, 1.807) is 0 Å². The number of nitrogens with one attached hydrogen (secondary N) is 1. The van der Waals surface area contributed by atoms with Gasteiger partial charge in [0.1, 0.15) is 0 Å². The molecule has 1 aromatic rings. The topological polar surface area (TPSA) is 44.8 Å². The van der Waals surface area contributed by atoms with E-state index in [0.717, 1.165) is 43.9 Å². The number of hydrogen-bond acceptors (Lipinski definition) is 3. The van der Waals surface area contributed by atoms with Crippen molar-refractivity contribution >= 4 is 6.03 Å².